The molecule has 0 spiro atoms. The molecule has 0 saturated carbocycles. The smallest absolute Gasteiger partial charge is 0.178 e. The highest BCUT2D eigenvalue weighted by atomic mass is 35.5. The van der Waals surface area contributed by atoms with E-state index in [0.29, 0.717) is 23.7 Å². The van der Waals surface area contributed by atoms with Crippen LogP contribution in [0.15, 0.2) is 18.2 Å². The Bertz CT molecular complexity index is 442. The predicted octanol–water partition coefficient (Wildman–Crippen LogP) is 3.41. The Kier molecular flexibility index (Phi) is 5.23. The van der Waals surface area contributed by atoms with Gasteiger partial charge in [-0.1, -0.05) is 18.5 Å². The van der Waals surface area contributed by atoms with Gasteiger partial charge in [-0.15, -0.1) is 0 Å². The van der Waals surface area contributed by atoms with Gasteiger partial charge in [0.1, 0.15) is 5.75 Å². The SMILES string of the molecule is CCCOc1ccc(Cl)c(C(=O)CN2CCCC2)c1. The van der Waals surface area contributed by atoms with Crippen LogP contribution in [0.1, 0.15) is 36.5 Å². The molecule has 104 valence electrons. The normalized spacial score (nSPS) is 15.7. The topological polar surface area (TPSA) is 29.5 Å². The fraction of sp³-hybridized carbons (Fsp3) is 0.533. The highest BCUT2D eigenvalue weighted by Crippen LogP contribution is 2.23. The quantitative estimate of drug-likeness (QED) is 0.749. The van der Waals surface area contributed by atoms with E-state index in [0.717, 1.165) is 25.3 Å². The number of halogens is 1. The molecule has 1 fully saturated rings. The first-order valence-electron chi connectivity index (χ1n) is 6.88. The Morgan fingerprint density at radius 1 is 1.37 bits per heavy atom. The maximum Gasteiger partial charge on any atom is 0.178 e. The molecule has 0 aliphatic carbocycles. The first kappa shape index (κ1) is 14.4. The number of carbonyl (C=O) groups excluding carboxylic acids is 1. The average Bonchev–Trinajstić information content (AvgIpc) is 2.90. The van der Waals surface area contributed by atoms with Gasteiger partial charge in [-0.25, -0.2) is 0 Å². The van der Waals surface area contributed by atoms with Crippen molar-refractivity contribution in [2.24, 2.45) is 0 Å². The molecule has 1 aromatic rings. The van der Waals surface area contributed by atoms with Crippen molar-refractivity contribution in [3.05, 3.63) is 28.8 Å². The van der Waals surface area contributed by atoms with Crippen molar-refractivity contribution in [2.45, 2.75) is 26.2 Å². The third-order valence-electron chi connectivity index (χ3n) is 3.28. The second-order valence-electron chi connectivity index (χ2n) is 4.90. The molecule has 0 N–H and O–H groups in total. The summed E-state index contributed by atoms with van der Waals surface area (Å²) in [5, 5.41) is 0.507. The minimum Gasteiger partial charge on any atom is -0.494 e. The van der Waals surface area contributed by atoms with Gasteiger partial charge in [0, 0.05) is 5.56 Å². The van der Waals surface area contributed by atoms with E-state index < -0.39 is 0 Å². The molecule has 4 heteroatoms. The van der Waals surface area contributed by atoms with Crippen molar-refractivity contribution in [3.8, 4) is 5.75 Å². The fourth-order valence-corrected chi connectivity index (χ4v) is 2.48. The molecule has 0 radical (unpaired) electrons. The summed E-state index contributed by atoms with van der Waals surface area (Å²) in [6.45, 7) is 5.18. The zero-order chi connectivity index (χ0) is 13.7. The predicted molar refractivity (Wildman–Crippen MR) is 77.2 cm³/mol. The molecule has 0 atom stereocenters. The summed E-state index contributed by atoms with van der Waals surface area (Å²) in [4.78, 5) is 14.4. The Balaban J connectivity index is 2.06. The van der Waals surface area contributed by atoms with E-state index in [9.17, 15) is 4.79 Å². The lowest BCUT2D eigenvalue weighted by Crippen LogP contribution is -2.27. The van der Waals surface area contributed by atoms with Gasteiger partial charge < -0.3 is 4.74 Å². The van der Waals surface area contributed by atoms with E-state index >= 15 is 0 Å². The summed E-state index contributed by atoms with van der Waals surface area (Å²) in [5.41, 5.74) is 0.571. The molecular weight excluding hydrogens is 262 g/mol. The van der Waals surface area contributed by atoms with Crippen LogP contribution in [0, 0.1) is 0 Å². The lowest BCUT2D eigenvalue weighted by molar-refractivity contribution is 0.0945. The molecule has 1 aliphatic heterocycles. The van der Waals surface area contributed by atoms with Gasteiger partial charge >= 0.3 is 0 Å². The molecule has 19 heavy (non-hydrogen) atoms. The summed E-state index contributed by atoms with van der Waals surface area (Å²) >= 11 is 6.12. The van der Waals surface area contributed by atoms with Crippen LogP contribution in [-0.2, 0) is 0 Å². The van der Waals surface area contributed by atoms with Crippen LogP contribution >= 0.6 is 11.6 Å². The summed E-state index contributed by atoms with van der Waals surface area (Å²) < 4.78 is 5.55. The van der Waals surface area contributed by atoms with Crippen molar-refractivity contribution in [3.63, 3.8) is 0 Å². The van der Waals surface area contributed by atoms with Crippen LogP contribution in [0.3, 0.4) is 0 Å². The molecule has 1 saturated heterocycles. The molecule has 0 aromatic heterocycles. The molecule has 2 rings (SSSR count). The van der Waals surface area contributed by atoms with Crippen LogP contribution in [0.2, 0.25) is 5.02 Å². The number of hydrogen-bond acceptors (Lipinski definition) is 3. The number of benzene rings is 1. The monoisotopic (exact) mass is 281 g/mol. The van der Waals surface area contributed by atoms with E-state index in [1.54, 1.807) is 12.1 Å². The Hall–Kier alpha value is -1.06. The van der Waals surface area contributed by atoms with Gasteiger partial charge in [0.25, 0.3) is 0 Å². The molecular formula is C15H20ClNO2. The standard InChI is InChI=1S/C15H20ClNO2/c1-2-9-19-12-5-6-14(16)13(10-12)15(18)11-17-7-3-4-8-17/h5-6,10H,2-4,7-9,11H2,1H3. The molecule has 1 aliphatic rings. The fourth-order valence-electron chi connectivity index (χ4n) is 2.26. The first-order chi connectivity index (χ1) is 9.20. The number of hydrogen-bond donors (Lipinski definition) is 0. The van der Waals surface area contributed by atoms with Crippen molar-refractivity contribution >= 4 is 17.4 Å². The highest BCUT2D eigenvalue weighted by Gasteiger charge is 2.18. The van der Waals surface area contributed by atoms with Gasteiger partial charge in [0.15, 0.2) is 5.78 Å². The van der Waals surface area contributed by atoms with E-state index in [1.807, 2.05) is 6.07 Å². The van der Waals surface area contributed by atoms with Crippen LogP contribution in [0.4, 0.5) is 0 Å². The van der Waals surface area contributed by atoms with Gasteiger partial charge in [-0.3, -0.25) is 9.69 Å². The van der Waals surface area contributed by atoms with Crippen molar-refractivity contribution in [2.75, 3.05) is 26.2 Å². The third-order valence-corrected chi connectivity index (χ3v) is 3.61. The Morgan fingerprint density at radius 2 is 2.11 bits per heavy atom. The van der Waals surface area contributed by atoms with Crippen LogP contribution in [0.5, 0.6) is 5.75 Å². The third kappa shape index (κ3) is 3.95. The Labute approximate surface area is 119 Å². The van der Waals surface area contributed by atoms with E-state index in [1.165, 1.54) is 12.8 Å². The van der Waals surface area contributed by atoms with E-state index in [2.05, 4.69) is 11.8 Å². The lowest BCUT2D eigenvalue weighted by Gasteiger charge is -2.14. The number of rotatable bonds is 6. The molecule has 1 aromatic carbocycles. The molecule has 0 amide bonds. The van der Waals surface area contributed by atoms with Gasteiger partial charge in [0.2, 0.25) is 0 Å². The molecule has 3 nitrogen and oxygen atoms in total. The zero-order valence-electron chi connectivity index (χ0n) is 11.3. The highest BCUT2D eigenvalue weighted by molar-refractivity contribution is 6.34. The number of ether oxygens (including phenoxy) is 1. The second kappa shape index (κ2) is 6.92. The molecule has 0 bridgehead atoms. The molecule has 0 unspecified atom stereocenters. The summed E-state index contributed by atoms with van der Waals surface area (Å²) in [7, 11) is 0. The second-order valence-corrected chi connectivity index (χ2v) is 5.30. The lowest BCUT2D eigenvalue weighted by atomic mass is 10.1. The summed E-state index contributed by atoms with van der Waals surface area (Å²) in [6.07, 6.45) is 3.31. The summed E-state index contributed by atoms with van der Waals surface area (Å²) in [5.74, 6) is 0.796. The summed E-state index contributed by atoms with van der Waals surface area (Å²) in [6, 6.07) is 5.31. The Morgan fingerprint density at radius 3 is 2.79 bits per heavy atom. The van der Waals surface area contributed by atoms with E-state index in [4.69, 9.17) is 16.3 Å². The number of Topliss-reactive ketones (excluding diaryl/α,β-unsaturated/α-hetero) is 1. The molecule has 1 heterocycles. The minimum atomic E-state index is 0.0776. The minimum absolute atomic E-state index is 0.0776. The largest absolute Gasteiger partial charge is 0.494 e. The van der Waals surface area contributed by atoms with Crippen LogP contribution in [-0.4, -0.2) is 36.9 Å². The van der Waals surface area contributed by atoms with Gasteiger partial charge in [-0.2, -0.15) is 0 Å². The van der Waals surface area contributed by atoms with Gasteiger partial charge in [-0.05, 0) is 50.6 Å². The maximum absolute atomic E-state index is 12.3. The number of ketones is 1. The van der Waals surface area contributed by atoms with E-state index in [-0.39, 0.29) is 5.78 Å². The number of carbonyl (C=O) groups is 1. The number of nitrogens with zero attached hydrogens (tertiary/aromatic N) is 1. The van der Waals surface area contributed by atoms with Crippen molar-refractivity contribution < 1.29 is 9.53 Å². The van der Waals surface area contributed by atoms with Crippen LogP contribution < -0.4 is 4.74 Å². The first-order valence-corrected chi connectivity index (χ1v) is 7.26. The van der Waals surface area contributed by atoms with Gasteiger partial charge in [0.05, 0.1) is 18.2 Å². The average molecular weight is 282 g/mol. The van der Waals surface area contributed by atoms with Crippen LogP contribution in [0.25, 0.3) is 0 Å². The van der Waals surface area contributed by atoms with Crippen molar-refractivity contribution in [1.82, 2.24) is 4.90 Å². The van der Waals surface area contributed by atoms with Crippen molar-refractivity contribution in [1.29, 1.82) is 0 Å². The number of likely N-dealkylation sites (tertiary alicyclic amines) is 1. The zero-order valence-corrected chi connectivity index (χ0v) is 12.1. The maximum atomic E-state index is 12.3.